The van der Waals surface area contributed by atoms with E-state index in [1.165, 1.54) is 36.4 Å². The van der Waals surface area contributed by atoms with Gasteiger partial charge < -0.3 is 14.4 Å². The molecule has 3 amide bonds. The minimum atomic E-state index is -0.757. The summed E-state index contributed by atoms with van der Waals surface area (Å²) in [7, 11) is 0. The molecule has 0 aliphatic carbocycles. The van der Waals surface area contributed by atoms with Crippen molar-refractivity contribution in [1.82, 2.24) is 9.80 Å². The van der Waals surface area contributed by atoms with Crippen molar-refractivity contribution in [1.29, 1.82) is 0 Å². The van der Waals surface area contributed by atoms with Crippen molar-refractivity contribution in [3.8, 4) is 5.75 Å². The fraction of sp³-hybridized carbons (Fsp3) is 0.217. The molecule has 0 radical (unpaired) electrons. The number of nitrogens with zero attached hydrogens (tertiary/aromatic N) is 3. The highest BCUT2D eigenvalue weighted by Gasteiger charge is 2.37. The quantitative estimate of drug-likeness (QED) is 0.194. The zero-order chi connectivity index (χ0) is 24.9. The van der Waals surface area contributed by atoms with Crippen molar-refractivity contribution in [2.75, 3.05) is 32.8 Å². The van der Waals surface area contributed by atoms with Crippen LogP contribution in [-0.2, 0) is 14.3 Å². The summed E-state index contributed by atoms with van der Waals surface area (Å²) >= 11 is 0.744. The average Bonchev–Trinajstić information content (AvgIpc) is 3.13. The zero-order valence-corrected chi connectivity index (χ0v) is 19.1. The minimum absolute atomic E-state index is 0.0311. The normalized spacial score (nSPS) is 17.1. The number of carbonyl (C=O) groups is 4. The second kappa shape index (κ2) is 10.5. The molecule has 4 rings (SSSR count). The van der Waals surface area contributed by atoms with Gasteiger partial charge in [-0.25, -0.2) is 4.79 Å². The number of nitro benzene ring substituents is 1. The van der Waals surface area contributed by atoms with Crippen molar-refractivity contribution < 1.29 is 33.6 Å². The van der Waals surface area contributed by atoms with Crippen molar-refractivity contribution in [3.05, 3.63) is 74.7 Å². The number of thioether (sulfide) groups is 1. The second-order valence-corrected chi connectivity index (χ2v) is 8.52. The number of hydrogen-bond acceptors (Lipinski definition) is 9. The first-order valence-corrected chi connectivity index (χ1v) is 11.3. The predicted molar refractivity (Wildman–Crippen MR) is 125 cm³/mol. The van der Waals surface area contributed by atoms with Crippen LogP contribution in [0.25, 0.3) is 6.08 Å². The van der Waals surface area contributed by atoms with Crippen LogP contribution in [0.4, 0.5) is 10.5 Å². The SMILES string of the molecule is O=C(Oc1ccc(/C=C2\SC(=O)N(CC(=O)N3CCOCC3)C2=O)cc1)c1cccc([N+](=O)[O-])c1. The number of amides is 3. The molecule has 2 saturated heterocycles. The van der Waals surface area contributed by atoms with Gasteiger partial charge in [0.25, 0.3) is 16.8 Å². The molecule has 2 heterocycles. The summed E-state index contributed by atoms with van der Waals surface area (Å²) in [5, 5.41) is 10.4. The number of hydrogen-bond donors (Lipinski definition) is 0. The molecule has 0 N–H and O–H groups in total. The third kappa shape index (κ3) is 5.73. The lowest BCUT2D eigenvalue weighted by atomic mass is 10.2. The van der Waals surface area contributed by atoms with Crippen LogP contribution in [-0.4, -0.2) is 70.6 Å². The number of carbonyl (C=O) groups excluding carboxylic acids is 4. The van der Waals surface area contributed by atoms with Crippen LogP contribution in [0.1, 0.15) is 15.9 Å². The number of nitro groups is 1. The minimum Gasteiger partial charge on any atom is -0.423 e. The molecular formula is C23H19N3O8S. The molecule has 35 heavy (non-hydrogen) atoms. The molecule has 0 atom stereocenters. The summed E-state index contributed by atoms with van der Waals surface area (Å²) in [4.78, 5) is 62.6. The molecule has 0 unspecified atom stereocenters. The number of non-ortho nitro benzene ring substituents is 1. The van der Waals surface area contributed by atoms with Gasteiger partial charge in [-0.15, -0.1) is 0 Å². The van der Waals surface area contributed by atoms with Gasteiger partial charge in [0.15, 0.2) is 0 Å². The Morgan fingerprint density at radius 1 is 1.11 bits per heavy atom. The van der Waals surface area contributed by atoms with E-state index in [4.69, 9.17) is 9.47 Å². The van der Waals surface area contributed by atoms with E-state index in [9.17, 15) is 29.3 Å². The average molecular weight is 497 g/mol. The van der Waals surface area contributed by atoms with E-state index in [-0.39, 0.29) is 34.4 Å². The van der Waals surface area contributed by atoms with Gasteiger partial charge in [-0.1, -0.05) is 18.2 Å². The molecule has 180 valence electrons. The maximum Gasteiger partial charge on any atom is 0.343 e. The third-order valence-corrected chi connectivity index (χ3v) is 6.12. The Hall–Kier alpha value is -4.03. The first-order valence-electron chi connectivity index (χ1n) is 10.5. The van der Waals surface area contributed by atoms with Gasteiger partial charge in [0.2, 0.25) is 5.91 Å². The fourth-order valence-corrected chi connectivity index (χ4v) is 4.22. The van der Waals surface area contributed by atoms with E-state index in [1.54, 1.807) is 17.0 Å². The lowest BCUT2D eigenvalue weighted by Gasteiger charge is -2.28. The molecule has 11 nitrogen and oxygen atoms in total. The molecular weight excluding hydrogens is 478 g/mol. The van der Waals surface area contributed by atoms with Crippen molar-refractivity contribution >= 4 is 46.5 Å². The van der Waals surface area contributed by atoms with Gasteiger partial charge in [0.05, 0.1) is 28.6 Å². The van der Waals surface area contributed by atoms with Gasteiger partial charge in [0.1, 0.15) is 12.3 Å². The third-order valence-electron chi connectivity index (χ3n) is 5.21. The van der Waals surface area contributed by atoms with Crippen LogP contribution in [0.2, 0.25) is 0 Å². The van der Waals surface area contributed by atoms with Crippen LogP contribution in [0, 0.1) is 10.1 Å². The summed E-state index contributed by atoms with van der Waals surface area (Å²) < 4.78 is 10.5. The number of esters is 1. The summed E-state index contributed by atoms with van der Waals surface area (Å²) in [6.45, 7) is 1.36. The first-order chi connectivity index (χ1) is 16.8. The Labute approximate surface area is 203 Å². The van der Waals surface area contributed by atoms with Crippen LogP contribution in [0.5, 0.6) is 5.75 Å². The van der Waals surface area contributed by atoms with Gasteiger partial charge in [-0.3, -0.25) is 29.4 Å². The molecule has 0 saturated carbocycles. The molecule has 12 heteroatoms. The van der Waals surface area contributed by atoms with E-state index in [2.05, 4.69) is 0 Å². The molecule has 0 spiro atoms. The molecule has 2 aliphatic heterocycles. The lowest BCUT2D eigenvalue weighted by Crippen LogP contribution is -2.46. The van der Waals surface area contributed by atoms with Crippen molar-refractivity contribution in [2.45, 2.75) is 0 Å². The summed E-state index contributed by atoms with van der Waals surface area (Å²) in [6, 6.07) is 11.3. The Morgan fingerprint density at radius 2 is 1.83 bits per heavy atom. The Morgan fingerprint density at radius 3 is 2.51 bits per heavy atom. The molecule has 2 aromatic carbocycles. The number of imide groups is 1. The van der Waals surface area contributed by atoms with E-state index >= 15 is 0 Å². The Kier molecular flexibility index (Phi) is 7.22. The van der Waals surface area contributed by atoms with Gasteiger partial charge in [0, 0.05) is 25.2 Å². The standard InChI is InChI=1S/C23H19N3O8S/c27-20(24-8-10-33-11-9-24)14-25-21(28)19(35-23(25)30)12-15-4-6-18(7-5-15)34-22(29)16-2-1-3-17(13-16)26(31)32/h1-7,12-13H,8-11,14H2/b19-12-. The van der Waals surface area contributed by atoms with E-state index in [1.807, 2.05) is 0 Å². The van der Waals surface area contributed by atoms with Gasteiger partial charge in [-0.05, 0) is 41.6 Å². The molecule has 0 aromatic heterocycles. The van der Waals surface area contributed by atoms with Crippen LogP contribution < -0.4 is 4.74 Å². The van der Waals surface area contributed by atoms with E-state index in [0.717, 1.165) is 22.7 Å². The number of ether oxygens (including phenoxy) is 2. The maximum atomic E-state index is 12.7. The van der Waals surface area contributed by atoms with Gasteiger partial charge >= 0.3 is 5.97 Å². The summed E-state index contributed by atoms with van der Waals surface area (Å²) in [6.07, 6.45) is 1.51. The smallest absolute Gasteiger partial charge is 0.343 e. The van der Waals surface area contributed by atoms with Crippen LogP contribution in [0.15, 0.2) is 53.4 Å². The molecule has 2 fully saturated rings. The van der Waals surface area contributed by atoms with Crippen molar-refractivity contribution in [3.63, 3.8) is 0 Å². The van der Waals surface area contributed by atoms with Crippen LogP contribution in [0.3, 0.4) is 0 Å². The van der Waals surface area contributed by atoms with E-state index < -0.39 is 22.0 Å². The number of morpholine rings is 1. The molecule has 2 aliphatic rings. The summed E-state index contributed by atoms with van der Waals surface area (Å²) in [5.41, 5.74) is 0.379. The fourth-order valence-electron chi connectivity index (χ4n) is 3.38. The highest BCUT2D eigenvalue weighted by atomic mass is 32.2. The highest BCUT2D eigenvalue weighted by molar-refractivity contribution is 8.18. The molecule has 2 aromatic rings. The Balaban J connectivity index is 1.39. The maximum absolute atomic E-state index is 12.7. The largest absolute Gasteiger partial charge is 0.423 e. The molecule has 0 bridgehead atoms. The summed E-state index contributed by atoms with van der Waals surface area (Å²) in [5.74, 6) is -1.43. The van der Waals surface area contributed by atoms with Crippen LogP contribution >= 0.6 is 11.8 Å². The van der Waals surface area contributed by atoms with E-state index in [0.29, 0.717) is 31.9 Å². The lowest BCUT2D eigenvalue weighted by molar-refractivity contribution is -0.384. The highest BCUT2D eigenvalue weighted by Crippen LogP contribution is 2.32. The monoisotopic (exact) mass is 497 g/mol. The first kappa shape index (κ1) is 24.1. The second-order valence-electron chi connectivity index (χ2n) is 7.53. The van der Waals surface area contributed by atoms with Crippen molar-refractivity contribution in [2.24, 2.45) is 0 Å². The topological polar surface area (TPSA) is 136 Å². The number of benzene rings is 2. The van der Waals surface area contributed by atoms with Gasteiger partial charge in [-0.2, -0.15) is 0 Å². The Bertz CT molecular complexity index is 1220. The predicted octanol–water partition coefficient (Wildman–Crippen LogP) is 2.71. The number of rotatable bonds is 6. The zero-order valence-electron chi connectivity index (χ0n) is 18.2.